The summed E-state index contributed by atoms with van der Waals surface area (Å²) in [6, 6.07) is 23.8. The Morgan fingerprint density at radius 1 is 0.978 bits per heavy atom. The Labute approximate surface area is 263 Å². The predicted molar refractivity (Wildman–Crippen MR) is 174 cm³/mol. The smallest absolute Gasteiger partial charge is 0.240 e. The van der Waals surface area contributed by atoms with Crippen molar-refractivity contribution in [2.75, 3.05) is 27.3 Å². The number of benzene rings is 3. The maximum atomic E-state index is 13.9. The van der Waals surface area contributed by atoms with Crippen LogP contribution in [-0.2, 0) is 30.6 Å². The van der Waals surface area contributed by atoms with Gasteiger partial charge in [-0.05, 0) is 61.7 Å². The lowest BCUT2D eigenvalue weighted by molar-refractivity contribution is -0.128. The fourth-order valence-corrected chi connectivity index (χ4v) is 6.15. The van der Waals surface area contributed by atoms with E-state index in [1.54, 1.807) is 14.2 Å². The molecule has 5 aromatic rings. The third-order valence-electron chi connectivity index (χ3n) is 8.82. The summed E-state index contributed by atoms with van der Waals surface area (Å²) >= 11 is 0. The van der Waals surface area contributed by atoms with Gasteiger partial charge in [0.1, 0.15) is 17.3 Å². The van der Waals surface area contributed by atoms with E-state index in [1.807, 2.05) is 54.7 Å². The first-order valence-corrected chi connectivity index (χ1v) is 15.5. The van der Waals surface area contributed by atoms with E-state index in [-0.39, 0.29) is 5.91 Å². The van der Waals surface area contributed by atoms with E-state index in [1.165, 1.54) is 5.56 Å². The Balaban J connectivity index is 1.40. The average Bonchev–Trinajstić information content (AvgIpc) is 3.68. The summed E-state index contributed by atoms with van der Waals surface area (Å²) in [5.74, 6) is 2.75. The maximum absolute atomic E-state index is 13.9. The zero-order chi connectivity index (χ0) is 31.2. The number of hydrogen-bond acceptors (Lipinski definition) is 7. The van der Waals surface area contributed by atoms with Crippen molar-refractivity contribution in [3.8, 4) is 11.5 Å². The zero-order valence-corrected chi connectivity index (χ0v) is 25.9. The van der Waals surface area contributed by atoms with Gasteiger partial charge in [-0.3, -0.25) is 4.79 Å². The van der Waals surface area contributed by atoms with Crippen LogP contribution in [0.3, 0.4) is 0 Å². The number of nitrogens with two attached hydrogens (primary N) is 1. The van der Waals surface area contributed by atoms with Crippen LogP contribution in [0.15, 0.2) is 79.0 Å². The molecule has 0 aliphatic carbocycles. The largest absolute Gasteiger partial charge is 0.497 e. The molecule has 1 unspecified atom stereocenters. The highest BCUT2D eigenvalue weighted by molar-refractivity contribution is 5.87. The molecule has 1 amide bonds. The van der Waals surface area contributed by atoms with Crippen molar-refractivity contribution in [1.82, 2.24) is 30.4 Å². The van der Waals surface area contributed by atoms with Gasteiger partial charge in [-0.2, -0.15) is 0 Å². The minimum atomic E-state index is -0.954. The molecule has 1 atom stereocenters. The van der Waals surface area contributed by atoms with Gasteiger partial charge in [-0.15, -0.1) is 10.2 Å². The van der Waals surface area contributed by atoms with Crippen LogP contribution >= 0.6 is 0 Å². The third kappa shape index (κ3) is 6.72. The SMILES string of the molecule is COc1ccc(Cn2c(CCc3ccccc3)nnc2C(Cc2c[nH]c3ccccc23)NC(=O)C2(N)CCNCC2)c(OC)c1. The second-order valence-corrected chi connectivity index (χ2v) is 11.7. The monoisotopic (exact) mass is 607 g/mol. The number of rotatable bonds is 12. The lowest BCUT2D eigenvalue weighted by Gasteiger charge is -2.34. The van der Waals surface area contributed by atoms with Gasteiger partial charge in [0.2, 0.25) is 5.91 Å². The van der Waals surface area contributed by atoms with Crippen LogP contribution < -0.4 is 25.8 Å². The Morgan fingerprint density at radius 3 is 2.53 bits per heavy atom. The van der Waals surface area contributed by atoms with E-state index in [2.05, 4.69) is 44.5 Å². The van der Waals surface area contributed by atoms with Crippen LogP contribution in [0.1, 0.15) is 47.2 Å². The summed E-state index contributed by atoms with van der Waals surface area (Å²) in [5, 5.41) is 17.2. The molecule has 3 heterocycles. The van der Waals surface area contributed by atoms with E-state index in [0.29, 0.717) is 62.6 Å². The number of aromatic nitrogens is 4. The van der Waals surface area contributed by atoms with Gasteiger partial charge in [-0.25, -0.2) is 0 Å². The van der Waals surface area contributed by atoms with E-state index < -0.39 is 11.6 Å². The van der Waals surface area contributed by atoms with Crippen LogP contribution in [0.2, 0.25) is 0 Å². The fraction of sp³-hybridized carbons (Fsp3) is 0.343. The molecule has 3 aromatic carbocycles. The highest BCUT2D eigenvalue weighted by atomic mass is 16.5. The number of carbonyl (C=O) groups is 1. The molecule has 2 aromatic heterocycles. The fourth-order valence-electron chi connectivity index (χ4n) is 6.15. The van der Waals surface area contributed by atoms with Crippen molar-refractivity contribution < 1.29 is 14.3 Å². The number of aryl methyl sites for hydroxylation is 2. The van der Waals surface area contributed by atoms with Crippen LogP contribution in [0.4, 0.5) is 0 Å². The van der Waals surface area contributed by atoms with Crippen molar-refractivity contribution in [2.24, 2.45) is 5.73 Å². The van der Waals surface area contributed by atoms with Gasteiger partial charge in [0, 0.05) is 41.6 Å². The summed E-state index contributed by atoms with van der Waals surface area (Å²) in [4.78, 5) is 17.3. The Bertz CT molecular complexity index is 1740. The number of para-hydroxylation sites is 1. The molecule has 234 valence electrons. The summed E-state index contributed by atoms with van der Waals surface area (Å²) < 4.78 is 13.3. The minimum absolute atomic E-state index is 0.170. The lowest BCUT2D eigenvalue weighted by atomic mass is 9.88. The number of piperidine rings is 1. The van der Waals surface area contributed by atoms with Crippen molar-refractivity contribution in [3.05, 3.63) is 107 Å². The molecule has 45 heavy (non-hydrogen) atoms. The number of nitrogens with zero attached hydrogens (tertiary/aromatic N) is 3. The molecular weight excluding hydrogens is 566 g/mol. The Hall–Kier alpha value is -4.67. The number of nitrogens with one attached hydrogen (secondary N) is 3. The first-order valence-electron chi connectivity index (χ1n) is 15.5. The topological polar surface area (TPSA) is 132 Å². The molecule has 0 bridgehead atoms. The van der Waals surface area contributed by atoms with Crippen molar-refractivity contribution in [2.45, 2.75) is 50.2 Å². The van der Waals surface area contributed by atoms with Gasteiger partial charge in [-0.1, -0.05) is 48.5 Å². The Morgan fingerprint density at radius 2 is 1.76 bits per heavy atom. The number of ether oxygens (including phenoxy) is 2. The van der Waals surface area contributed by atoms with Crippen molar-refractivity contribution >= 4 is 16.8 Å². The van der Waals surface area contributed by atoms with Gasteiger partial charge in [0.15, 0.2) is 5.82 Å². The number of aromatic amines is 1. The zero-order valence-electron chi connectivity index (χ0n) is 25.9. The van der Waals surface area contributed by atoms with E-state index >= 15 is 0 Å². The number of carbonyl (C=O) groups excluding carboxylic acids is 1. The lowest BCUT2D eigenvalue weighted by Crippen LogP contribution is -2.59. The number of amides is 1. The van der Waals surface area contributed by atoms with Crippen molar-refractivity contribution in [1.29, 1.82) is 0 Å². The number of hydrogen-bond donors (Lipinski definition) is 4. The molecule has 0 spiro atoms. The molecule has 1 aliphatic rings. The van der Waals surface area contributed by atoms with Gasteiger partial charge in [0.25, 0.3) is 0 Å². The first kappa shape index (κ1) is 30.4. The highest BCUT2D eigenvalue weighted by Gasteiger charge is 2.37. The third-order valence-corrected chi connectivity index (χ3v) is 8.82. The second-order valence-electron chi connectivity index (χ2n) is 11.7. The molecule has 0 saturated carbocycles. The number of H-pyrrole nitrogens is 1. The molecule has 1 aliphatic heterocycles. The number of fused-ring (bicyclic) bond motifs is 1. The van der Waals surface area contributed by atoms with Crippen LogP contribution in [0, 0.1) is 0 Å². The first-order chi connectivity index (χ1) is 22.0. The predicted octanol–water partition coefficient (Wildman–Crippen LogP) is 4.09. The molecule has 1 saturated heterocycles. The molecule has 5 N–H and O–H groups in total. The molecule has 0 radical (unpaired) electrons. The molecule has 10 nitrogen and oxygen atoms in total. The summed E-state index contributed by atoms with van der Waals surface area (Å²) in [7, 11) is 3.29. The average molecular weight is 608 g/mol. The van der Waals surface area contributed by atoms with E-state index in [9.17, 15) is 4.79 Å². The number of methoxy groups -OCH3 is 2. The van der Waals surface area contributed by atoms with Gasteiger partial charge in [0.05, 0.1) is 32.3 Å². The molecule has 1 fully saturated rings. The quantitative estimate of drug-likeness (QED) is 0.168. The second kappa shape index (κ2) is 13.5. The van der Waals surface area contributed by atoms with Crippen LogP contribution in [-0.4, -0.2) is 58.5 Å². The Kier molecular flexibility index (Phi) is 9.13. The minimum Gasteiger partial charge on any atom is -0.497 e. The van der Waals surface area contributed by atoms with Crippen LogP contribution in [0.5, 0.6) is 11.5 Å². The van der Waals surface area contributed by atoms with E-state index in [4.69, 9.17) is 25.4 Å². The summed E-state index contributed by atoms with van der Waals surface area (Å²) in [6.07, 6.45) is 5.14. The van der Waals surface area contributed by atoms with Crippen LogP contribution in [0.25, 0.3) is 10.9 Å². The van der Waals surface area contributed by atoms with Crippen molar-refractivity contribution in [3.63, 3.8) is 0 Å². The standard InChI is InChI=1S/C35H41N7O3/c1-44-27-14-13-25(31(21-27)45-2)23-42-32(15-12-24-8-4-3-5-9-24)40-41-33(42)30(39-34(43)35(36)16-18-37-19-17-35)20-26-22-38-29-11-7-6-10-28(26)29/h3-11,13-14,21-22,30,37-38H,12,15-20,23,36H2,1-2H3,(H,39,43). The van der Waals surface area contributed by atoms with Gasteiger partial charge >= 0.3 is 0 Å². The maximum Gasteiger partial charge on any atom is 0.240 e. The summed E-state index contributed by atoms with van der Waals surface area (Å²) in [6.45, 7) is 1.86. The van der Waals surface area contributed by atoms with E-state index in [0.717, 1.165) is 34.3 Å². The van der Waals surface area contributed by atoms with Gasteiger partial charge < -0.3 is 35.4 Å². The molecule has 6 rings (SSSR count). The molecular formula is C35H41N7O3. The summed E-state index contributed by atoms with van der Waals surface area (Å²) in [5.41, 5.74) is 10.0. The normalized spacial score (nSPS) is 15.1. The highest BCUT2D eigenvalue weighted by Crippen LogP contribution is 2.30. The molecule has 10 heteroatoms.